The number of aliphatic hydroxyl groups is 2. The van der Waals surface area contributed by atoms with Crippen LogP contribution in [0.1, 0.15) is 64.7 Å². The summed E-state index contributed by atoms with van der Waals surface area (Å²) in [4.78, 5) is 0. The summed E-state index contributed by atoms with van der Waals surface area (Å²) in [6.07, 6.45) is 10.6. The first-order valence-electron chi connectivity index (χ1n) is 7.64. The van der Waals surface area contributed by atoms with Crippen LogP contribution in [-0.4, -0.2) is 36.6 Å². The molecule has 0 heterocycles. The number of rotatable bonds is 14. The molecule has 0 aromatic heterocycles. The van der Waals surface area contributed by atoms with E-state index in [9.17, 15) is 0 Å². The van der Waals surface area contributed by atoms with Gasteiger partial charge in [0.25, 0.3) is 0 Å². The van der Waals surface area contributed by atoms with Crippen LogP contribution in [0.15, 0.2) is 0 Å². The van der Waals surface area contributed by atoms with E-state index in [0.717, 1.165) is 25.9 Å². The lowest BCUT2D eigenvalue weighted by Crippen LogP contribution is -2.13. The largest absolute Gasteiger partial charge is 0.396 e. The lowest BCUT2D eigenvalue weighted by atomic mass is 10.1. The Balaban J connectivity index is 3.03. The summed E-state index contributed by atoms with van der Waals surface area (Å²) < 4.78 is 5.55. The van der Waals surface area contributed by atoms with Gasteiger partial charge in [-0.3, -0.25) is 0 Å². The average molecular weight is 260 g/mol. The van der Waals surface area contributed by atoms with Crippen LogP contribution in [-0.2, 0) is 4.74 Å². The highest BCUT2D eigenvalue weighted by atomic mass is 16.5. The maximum atomic E-state index is 8.99. The number of unbranched alkanes of at least 4 members (excludes halogenated alkanes) is 7. The minimum Gasteiger partial charge on any atom is -0.396 e. The molecular formula is C15H32O3. The first-order valence-corrected chi connectivity index (χ1v) is 7.64. The van der Waals surface area contributed by atoms with Crippen molar-refractivity contribution in [3.63, 3.8) is 0 Å². The highest BCUT2D eigenvalue weighted by Gasteiger charge is 2.03. The molecule has 0 aliphatic rings. The van der Waals surface area contributed by atoms with Crippen molar-refractivity contribution in [3.05, 3.63) is 0 Å². The fourth-order valence-electron chi connectivity index (χ4n) is 1.93. The van der Waals surface area contributed by atoms with Crippen molar-refractivity contribution < 1.29 is 14.9 Å². The van der Waals surface area contributed by atoms with E-state index in [1.54, 1.807) is 0 Å². The van der Waals surface area contributed by atoms with Crippen LogP contribution in [0.5, 0.6) is 0 Å². The Labute approximate surface area is 113 Å². The van der Waals surface area contributed by atoms with E-state index in [1.807, 2.05) is 0 Å². The molecule has 0 aliphatic carbocycles. The smallest absolute Gasteiger partial charge is 0.0516 e. The van der Waals surface area contributed by atoms with Crippen LogP contribution < -0.4 is 0 Å². The van der Waals surface area contributed by atoms with Gasteiger partial charge in [0.1, 0.15) is 0 Å². The molecule has 0 saturated carbocycles. The molecule has 0 aromatic rings. The first-order chi connectivity index (χ1) is 8.85. The Morgan fingerprint density at radius 1 is 0.833 bits per heavy atom. The van der Waals surface area contributed by atoms with E-state index >= 15 is 0 Å². The Hall–Kier alpha value is -0.120. The van der Waals surface area contributed by atoms with Crippen molar-refractivity contribution in [3.8, 4) is 0 Å². The van der Waals surface area contributed by atoms with Crippen LogP contribution in [0.25, 0.3) is 0 Å². The van der Waals surface area contributed by atoms with E-state index in [2.05, 4.69) is 6.92 Å². The van der Waals surface area contributed by atoms with E-state index < -0.39 is 0 Å². The summed E-state index contributed by atoms with van der Waals surface area (Å²) in [5.74, 6) is 0.316. The third kappa shape index (κ3) is 12.3. The molecule has 0 aliphatic heterocycles. The fourth-order valence-corrected chi connectivity index (χ4v) is 1.93. The monoisotopic (exact) mass is 260 g/mol. The van der Waals surface area contributed by atoms with Gasteiger partial charge in [-0.15, -0.1) is 0 Å². The maximum absolute atomic E-state index is 8.99. The van der Waals surface area contributed by atoms with Crippen LogP contribution >= 0.6 is 0 Å². The molecule has 110 valence electrons. The molecule has 0 radical (unpaired) electrons. The van der Waals surface area contributed by atoms with E-state index in [0.29, 0.717) is 19.1 Å². The van der Waals surface area contributed by atoms with Crippen molar-refractivity contribution >= 4 is 0 Å². The van der Waals surface area contributed by atoms with Gasteiger partial charge in [0.2, 0.25) is 0 Å². The van der Waals surface area contributed by atoms with E-state index in [1.165, 1.54) is 38.5 Å². The molecule has 0 saturated heterocycles. The second-order valence-corrected chi connectivity index (χ2v) is 5.08. The van der Waals surface area contributed by atoms with E-state index in [4.69, 9.17) is 14.9 Å². The molecule has 0 rings (SSSR count). The SMILES string of the molecule is CCC(CO)COCCCCCCCCCCO. The van der Waals surface area contributed by atoms with Gasteiger partial charge in [-0.05, 0) is 19.3 Å². The van der Waals surface area contributed by atoms with Crippen LogP contribution in [0, 0.1) is 5.92 Å². The first kappa shape index (κ1) is 17.9. The number of aliphatic hydroxyl groups excluding tert-OH is 2. The van der Waals surface area contributed by atoms with Crippen molar-refractivity contribution in [1.82, 2.24) is 0 Å². The molecule has 0 spiro atoms. The molecule has 1 unspecified atom stereocenters. The molecule has 0 amide bonds. The van der Waals surface area contributed by atoms with Crippen molar-refractivity contribution in [2.75, 3.05) is 26.4 Å². The standard InChI is InChI=1S/C15H32O3/c1-2-15(13-17)14-18-12-10-8-6-4-3-5-7-9-11-16/h15-17H,2-14H2,1H3. The molecule has 1 atom stereocenters. The molecule has 0 aromatic carbocycles. The summed E-state index contributed by atoms with van der Waals surface area (Å²) in [5.41, 5.74) is 0. The van der Waals surface area contributed by atoms with Gasteiger partial charge >= 0.3 is 0 Å². The normalized spacial score (nSPS) is 12.8. The summed E-state index contributed by atoms with van der Waals surface area (Å²) >= 11 is 0. The van der Waals surface area contributed by atoms with Gasteiger partial charge < -0.3 is 14.9 Å². The molecular weight excluding hydrogens is 228 g/mol. The van der Waals surface area contributed by atoms with Crippen molar-refractivity contribution in [2.24, 2.45) is 5.92 Å². The molecule has 0 fully saturated rings. The lowest BCUT2D eigenvalue weighted by molar-refractivity contribution is 0.0691. The topological polar surface area (TPSA) is 49.7 Å². The predicted octanol–water partition coefficient (Wildman–Crippen LogP) is 3.13. The van der Waals surface area contributed by atoms with Crippen LogP contribution in [0.2, 0.25) is 0 Å². The molecule has 3 heteroatoms. The second kappa shape index (κ2) is 14.9. The highest BCUT2D eigenvalue weighted by molar-refractivity contribution is 4.52. The third-order valence-electron chi connectivity index (χ3n) is 3.39. The maximum Gasteiger partial charge on any atom is 0.0516 e. The van der Waals surface area contributed by atoms with Crippen LogP contribution in [0.4, 0.5) is 0 Å². The van der Waals surface area contributed by atoms with Crippen molar-refractivity contribution in [1.29, 1.82) is 0 Å². The lowest BCUT2D eigenvalue weighted by Gasteiger charge is -2.11. The molecule has 18 heavy (non-hydrogen) atoms. The summed E-state index contributed by atoms with van der Waals surface area (Å²) in [6, 6.07) is 0. The van der Waals surface area contributed by atoms with Gasteiger partial charge in [0.15, 0.2) is 0 Å². The summed E-state index contributed by atoms with van der Waals surface area (Å²) in [7, 11) is 0. The predicted molar refractivity (Wildman–Crippen MR) is 75.7 cm³/mol. The van der Waals surface area contributed by atoms with Gasteiger partial charge in [0.05, 0.1) is 6.61 Å². The fraction of sp³-hybridized carbons (Fsp3) is 1.00. The molecule has 0 bridgehead atoms. The van der Waals surface area contributed by atoms with E-state index in [-0.39, 0.29) is 6.61 Å². The van der Waals surface area contributed by atoms with Crippen molar-refractivity contribution in [2.45, 2.75) is 64.7 Å². The third-order valence-corrected chi connectivity index (χ3v) is 3.39. The number of hydrogen-bond donors (Lipinski definition) is 2. The summed E-state index contributed by atoms with van der Waals surface area (Å²) in [6.45, 7) is 4.20. The highest BCUT2D eigenvalue weighted by Crippen LogP contribution is 2.09. The van der Waals surface area contributed by atoms with Gasteiger partial charge in [-0.25, -0.2) is 0 Å². The van der Waals surface area contributed by atoms with Gasteiger partial charge in [0, 0.05) is 25.7 Å². The second-order valence-electron chi connectivity index (χ2n) is 5.08. The Kier molecular flexibility index (Phi) is 14.8. The molecule has 3 nitrogen and oxygen atoms in total. The minimum atomic E-state index is 0.240. The zero-order valence-electron chi connectivity index (χ0n) is 12.1. The quantitative estimate of drug-likeness (QED) is 0.472. The Morgan fingerprint density at radius 2 is 1.39 bits per heavy atom. The van der Waals surface area contributed by atoms with Gasteiger partial charge in [-0.2, -0.15) is 0 Å². The zero-order chi connectivity index (χ0) is 13.5. The number of hydrogen-bond acceptors (Lipinski definition) is 3. The zero-order valence-corrected chi connectivity index (χ0v) is 12.1. The van der Waals surface area contributed by atoms with Crippen LogP contribution in [0.3, 0.4) is 0 Å². The van der Waals surface area contributed by atoms with Gasteiger partial charge in [-0.1, -0.05) is 45.4 Å². The minimum absolute atomic E-state index is 0.240. The molecule has 2 N–H and O–H groups in total. The summed E-state index contributed by atoms with van der Waals surface area (Å²) in [5, 5.41) is 17.6. The Bertz CT molecular complexity index is 147. The number of ether oxygens (including phenoxy) is 1. The average Bonchev–Trinajstić information content (AvgIpc) is 2.40. The Morgan fingerprint density at radius 3 is 1.89 bits per heavy atom.